The van der Waals surface area contributed by atoms with Crippen molar-refractivity contribution in [3.8, 4) is 0 Å². The lowest BCUT2D eigenvalue weighted by Crippen LogP contribution is -2.44. The van der Waals surface area contributed by atoms with E-state index < -0.39 is 23.4 Å². The zero-order valence-electron chi connectivity index (χ0n) is 16.8. The van der Waals surface area contributed by atoms with E-state index in [4.69, 9.17) is 9.57 Å². The number of rotatable bonds is 5. The van der Waals surface area contributed by atoms with Gasteiger partial charge in [-0.2, -0.15) is 0 Å². The van der Waals surface area contributed by atoms with E-state index in [2.05, 4.69) is 10.5 Å². The van der Waals surface area contributed by atoms with Crippen LogP contribution in [0.3, 0.4) is 0 Å². The van der Waals surface area contributed by atoms with Crippen molar-refractivity contribution in [2.24, 2.45) is 0 Å². The van der Waals surface area contributed by atoms with Gasteiger partial charge in [-0.1, -0.05) is 18.2 Å². The molecule has 2 aliphatic rings. The predicted octanol–water partition coefficient (Wildman–Crippen LogP) is 4.36. The van der Waals surface area contributed by atoms with Gasteiger partial charge in [-0.25, -0.2) is 19.1 Å². The van der Waals surface area contributed by atoms with Gasteiger partial charge in [-0.05, 0) is 67.0 Å². The summed E-state index contributed by atoms with van der Waals surface area (Å²) in [6.07, 6.45) is 7.54. The highest BCUT2D eigenvalue weighted by atomic mass is 19.1. The van der Waals surface area contributed by atoms with Gasteiger partial charge in [0.15, 0.2) is 6.29 Å². The number of carbonyl (C=O) groups is 1. The first kappa shape index (κ1) is 20.6. The van der Waals surface area contributed by atoms with Crippen LogP contribution >= 0.6 is 0 Å². The summed E-state index contributed by atoms with van der Waals surface area (Å²) in [6, 6.07) is 6.09. The van der Waals surface area contributed by atoms with Crippen molar-refractivity contribution in [3.05, 3.63) is 71.1 Å². The van der Waals surface area contributed by atoms with E-state index in [1.165, 1.54) is 12.1 Å². The van der Waals surface area contributed by atoms with Crippen LogP contribution in [0.4, 0.5) is 8.78 Å². The van der Waals surface area contributed by atoms with E-state index in [0.29, 0.717) is 42.6 Å². The number of pyridine rings is 1. The molecule has 0 bridgehead atoms. The second-order valence-corrected chi connectivity index (χ2v) is 7.79. The third kappa shape index (κ3) is 4.00. The number of benzene rings is 1. The number of halogens is 2. The first-order valence-corrected chi connectivity index (χ1v) is 10.2. The van der Waals surface area contributed by atoms with Crippen molar-refractivity contribution in [1.29, 1.82) is 0 Å². The van der Waals surface area contributed by atoms with Crippen molar-refractivity contribution in [1.82, 2.24) is 10.5 Å². The molecule has 4 rings (SSSR count). The second-order valence-electron chi connectivity index (χ2n) is 7.79. The third-order valence-corrected chi connectivity index (χ3v) is 5.86. The van der Waals surface area contributed by atoms with Gasteiger partial charge in [-0.15, -0.1) is 0 Å². The van der Waals surface area contributed by atoms with E-state index in [-0.39, 0.29) is 5.82 Å². The Labute approximate surface area is 174 Å². The number of aromatic nitrogens is 1. The van der Waals surface area contributed by atoms with Crippen molar-refractivity contribution in [2.75, 3.05) is 6.61 Å². The van der Waals surface area contributed by atoms with Gasteiger partial charge < -0.3 is 4.74 Å². The van der Waals surface area contributed by atoms with Gasteiger partial charge in [0.05, 0.1) is 11.6 Å². The van der Waals surface area contributed by atoms with Crippen LogP contribution in [-0.4, -0.2) is 23.8 Å². The standard InChI is InChI=1S/C23H24F2N2O3/c1-15-19(5-4-6-20(15)25)23(22(28)27-30-21-7-2-3-10-29-21)9-8-16(12-23)17-11-18(24)14-26-13-17/h4-6,11-14,21H,2-3,7-10H2,1H3,(H,27,28). The van der Waals surface area contributed by atoms with Crippen LogP contribution in [0, 0.1) is 18.6 Å². The molecule has 2 aromatic rings. The lowest BCUT2D eigenvalue weighted by Gasteiger charge is -2.30. The number of hydrogen-bond donors (Lipinski definition) is 1. The maximum absolute atomic E-state index is 14.4. The number of carbonyl (C=O) groups excluding carboxylic acids is 1. The molecule has 1 aliphatic carbocycles. The molecule has 7 heteroatoms. The Kier molecular flexibility index (Phi) is 5.92. The maximum atomic E-state index is 14.4. The zero-order valence-corrected chi connectivity index (χ0v) is 16.8. The molecule has 0 spiro atoms. The fourth-order valence-electron chi connectivity index (χ4n) is 4.21. The van der Waals surface area contributed by atoms with E-state index in [1.807, 2.05) is 0 Å². The van der Waals surface area contributed by atoms with Gasteiger partial charge in [0.2, 0.25) is 0 Å². The fraction of sp³-hybridized carbons (Fsp3) is 0.391. The lowest BCUT2D eigenvalue weighted by molar-refractivity contribution is -0.202. The van der Waals surface area contributed by atoms with Gasteiger partial charge >= 0.3 is 0 Å². The molecular formula is C23H24F2N2O3. The van der Waals surface area contributed by atoms with E-state index in [1.54, 1.807) is 31.3 Å². The van der Waals surface area contributed by atoms with Crippen LogP contribution in [-0.2, 0) is 19.8 Å². The summed E-state index contributed by atoms with van der Waals surface area (Å²) in [5.74, 6) is -1.23. The summed E-state index contributed by atoms with van der Waals surface area (Å²) >= 11 is 0. The van der Waals surface area contributed by atoms with Gasteiger partial charge in [-0.3, -0.25) is 9.78 Å². The Hall–Kier alpha value is -2.64. The summed E-state index contributed by atoms with van der Waals surface area (Å²) in [7, 11) is 0. The Morgan fingerprint density at radius 1 is 1.30 bits per heavy atom. The molecule has 2 unspecified atom stereocenters. The van der Waals surface area contributed by atoms with E-state index >= 15 is 0 Å². The topological polar surface area (TPSA) is 60.5 Å². The number of amides is 1. The molecule has 1 aromatic heterocycles. The average molecular weight is 414 g/mol. The van der Waals surface area contributed by atoms with Crippen LogP contribution in [0.15, 0.2) is 42.7 Å². The minimum Gasteiger partial charge on any atom is -0.350 e. The minimum absolute atomic E-state index is 0.384. The fourth-order valence-corrected chi connectivity index (χ4v) is 4.21. The van der Waals surface area contributed by atoms with E-state index in [0.717, 1.165) is 24.6 Å². The maximum Gasteiger partial charge on any atom is 0.258 e. The summed E-state index contributed by atoms with van der Waals surface area (Å²) in [6.45, 7) is 2.24. The molecule has 1 amide bonds. The van der Waals surface area contributed by atoms with Crippen LogP contribution in [0.25, 0.3) is 5.57 Å². The number of nitrogens with zero attached hydrogens (tertiary/aromatic N) is 1. The number of ether oxygens (including phenoxy) is 1. The highest BCUT2D eigenvalue weighted by Gasteiger charge is 2.44. The smallest absolute Gasteiger partial charge is 0.258 e. The number of hydrogen-bond acceptors (Lipinski definition) is 4. The largest absolute Gasteiger partial charge is 0.350 e. The summed E-state index contributed by atoms with van der Waals surface area (Å²) in [5.41, 5.74) is 3.76. The lowest BCUT2D eigenvalue weighted by atomic mass is 9.77. The first-order chi connectivity index (χ1) is 14.5. The van der Waals surface area contributed by atoms with Crippen molar-refractivity contribution < 1.29 is 23.1 Å². The van der Waals surface area contributed by atoms with Crippen molar-refractivity contribution in [3.63, 3.8) is 0 Å². The molecule has 2 atom stereocenters. The van der Waals surface area contributed by atoms with Crippen LogP contribution in [0.5, 0.6) is 0 Å². The molecule has 1 fully saturated rings. The Balaban J connectivity index is 1.68. The molecule has 1 aromatic carbocycles. The highest BCUT2D eigenvalue weighted by Crippen LogP contribution is 2.44. The highest BCUT2D eigenvalue weighted by molar-refractivity contribution is 5.94. The monoisotopic (exact) mass is 414 g/mol. The van der Waals surface area contributed by atoms with Crippen LogP contribution < -0.4 is 5.48 Å². The van der Waals surface area contributed by atoms with Gasteiger partial charge in [0.1, 0.15) is 11.6 Å². The summed E-state index contributed by atoms with van der Waals surface area (Å²) in [5, 5.41) is 0. The van der Waals surface area contributed by atoms with Crippen LogP contribution in [0.1, 0.15) is 48.8 Å². The molecular weight excluding hydrogens is 390 g/mol. The van der Waals surface area contributed by atoms with Gasteiger partial charge in [0.25, 0.3) is 5.91 Å². The number of allylic oxidation sites excluding steroid dienone is 1. The SMILES string of the molecule is Cc1c(F)cccc1C1(C(=O)NOC2CCCCO2)C=C(c2cncc(F)c2)CC1. The Morgan fingerprint density at radius 2 is 2.17 bits per heavy atom. The quantitative estimate of drug-likeness (QED) is 0.739. The molecule has 2 heterocycles. The number of hydroxylamine groups is 1. The minimum atomic E-state index is -1.14. The number of nitrogens with one attached hydrogen (secondary N) is 1. The van der Waals surface area contributed by atoms with E-state index in [9.17, 15) is 13.6 Å². The molecule has 1 N–H and O–H groups in total. The second kappa shape index (κ2) is 8.62. The van der Waals surface area contributed by atoms with Crippen molar-refractivity contribution in [2.45, 2.75) is 50.7 Å². The van der Waals surface area contributed by atoms with Crippen molar-refractivity contribution >= 4 is 11.5 Å². The molecule has 0 saturated carbocycles. The van der Waals surface area contributed by atoms with Crippen LogP contribution in [0.2, 0.25) is 0 Å². The molecule has 158 valence electrons. The average Bonchev–Trinajstić information content (AvgIpc) is 3.21. The summed E-state index contributed by atoms with van der Waals surface area (Å²) in [4.78, 5) is 22.8. The normalized spacial score (nSPS) is 23.8. The molecule has 5 nitrogen and oxygen atoms in total. The summed E-state index contributed by atoms with van der Waals surface area (Å²) < 4.78 is 33.6. The predicted molar refractivity (Wildman–Crippen MR) is 107 cm³/mol. The first-order valence-electron chi connectivity index (χ1n) is 10.2. The Bertz CT molecular complexity index is 973. The molecule has 1 saturated heterocycles. The third-order valence-electron chi connectivity index (χ3n) is 5.86. The zero-order chi connectivity index (χ0) is 21.1. The molecule has 0 radical (unpaired) electrons. The molecule has 30 heavy (non-hydrogen) atoms. The van der Waals surface area contributed by atoms with Gasteiger partial charge in [0, 0.05) is 19.2 Å². The Morgan fingerprint density at radius 3 is 2.93 bits per heavy atom. The molecule has 1 aliphatic heterocycles.